The van der Waals surface area contributed by atoms with Crippen LogP contribution in [0.5, 0.6) is 0 Å². The number of hydrogen-bond donors (Lipinski definition) is 0. The predicted molar refractivity (Wildman–Crippen MR) is 88.9 cm³/mol. The summed E-state index contributed by atoms with van der Waals surface area (Å²) in [6.45, 7) is 2.88. The Morgan fingerprint density at radius 2 is 2.23 bits per heavy atom. The highest BCUT2D eigenvalue weighted by Crippen LogP contribution is 2.30. The minimum Gasteiger partial charge on any atom is -0.298 e. The third kappa shape index (κ3) is 3.56. The van der Waals surface area contributed by atoms with E-state index in [4.69, 9.17) is 0 Å². The van der Waals surface area contributed by atoms with Gasteiger partial charge >= 0.3 is 0 Å². The SMILES string of the molecule is CS(=O)(=O)c1cccnc1C1CCCN(Cc2cccs2)C1. The van der Waals surface area contributed by atoms with Gasteiger partial charge in [-0.05, 0) is 43.0 Å². The molecule has 0 N–H and O–H groups in total. The number of rotatable bonds is 4. The third-order valence-electron chi connectivity index (χ3n) is 4.05. The molecule has 2 aromatic heterocycles. The van der Waals surface area contributed by atoms with Gasteiger partial charge in [-0.1, -0.05) is 6.07 Å². The lowest BCUT2D eigenvalue weighted by atomic mass is 9.94. The van der Waals surface area contributed by atoms with Gasteiger partial charge in [-0.3, -0.25) is 9.88 Å². The molecule has 1 aliphatic rings. The molecule has 118 valence electrons. The second-order valence-electron chi connectivity index (χ2n) is 5.81. The van der Waals surface area contributed by atoms with E-state index in [9.17, 15) is 8.42 Å². The van der Waals surface area contributed by atoms with E-state index < -0.39 is 9.84 Å². The van der Waals surface area contributed by atoms with Crippen LogP contribution >= 0.6 is 11.3 Å². The zero-order valence-electron chi connectivity index (χ0n) is 12.6. The molecule has 0 aliphatic carbocycles. The fourth-order valence-electron chi connectivity index (χ4n) is 3.07. The van der Waals surface area contributed by atoms with E-state index in [-0.39, 0.29) is 5.92 Å². The molecule has 22 heavy (non-hydrogen) atoms. The molecule has 1 saturated heterocycles. The average molecular weight is 336 g/mol. The Hall–Kier alpha value is -1.24. The summed E-state index contributed by atoms with van der Waals surface area (Å²) in [4.78, 5) is 8.54. The molecule has 4 nitrogen and oxygen atoms in total. The highest BCUT2D eigenvalue weighted by Gasteiger charge is 2.27. The molecular weight excluding hydrogens is 316 g/mol. The zero-order chi connectivity index (χ0) is 15.6. The molecule has 0 amide bonds. The Kier molecular flexibility index (Phi) is 4.61. The van der Waals surface area contributed by atoms with Crippen molar-refractivity contribution in [1.29, 1.82) is 0 Å². The van der Waals surface area contributed by atoms with Crippen LogP contribution in [0.2, 0.25) is 0 Å². The monoisotopic (exact) mass is 336 g/mol. The zero-order valence-corrected chi connectivity index (χ0v) is 14.2. The van der Waals surface area contributed by atoms with Gasteiger partial charge in [0, 0.05) is 36.3 Å². The van der Waals surface area contributed by atoms with Crippen molar-refractivity contribution in [2.24, 2.45) is 0 Å². The lowest BCUT2D eigenvalue weighted by Gasteiger charge is -2.32. The molecule has 0 aromatic carbocycles. The molecule has 1 atom stereocenters. The van der Waals surface area contributed by atoms with Gasteiger partial charge in [0.1, 0.15) is 0 Å². The molecule has 0 saturated carbocycles. The van der Waals surface area contributed by atoms with Gasteiger partial charge in [0.25, 0.3) is 0 Å². The van der Waals surface area contributed by atoms with E-state index in [2.05, 4.69) is 27.4 Å². The van der Waals surface area contributed by atoms with Gasteiger partial charge in [0.15, 0.2) is 9.84 Å². The van der Waals surface area contributed by atoms with E-state index in [0.717, 1.165) is 38.2 Å². The van der Waals surface area contributed by atoms with E-state index in [1.165, 1.54) is 11.1 Å². The minimum atomic E-state index is -3.23. The summed E-state index contributed by atoms with van der Waals surface area (Å²) in [6, 6.07) is 7.60. The summed E-state index contributed by atoms with van der Waals surface area (Å²) in [7, 11) is -3.23. The second kappa shape index (κ2) is 6.48. The topological polar surface area (TPSA) is 50.3 Å². The maximum absolute atomic E-state index is 12.0. The Morgan fingerprint density at radius 3 is 2.95 bits per heavy atom. The van der Waals surface area contributed by atoms with Crippen LogP contribution in [0.3, 0.4) is 0 Å². The average Bonchev–Trinajstić information content (AvgIpc) is 3.00. The number of nitrogens with zero attached hydrogens (tertiary/aromatic N) is 2. The molecule has 3 rings (SSSR count). The van der Waals surface area contributed by atoms with Crippen LogP contribution in [-0.2, 0) is 16.4 Å². The van der Waals surface area contributed by atoms with Crippen molar-refractivity contribution < 1.29 is 8.42 Å². The van der Waals surface area contributed by atoms with Crippen molar-refractivity contribution in [2.45, 2.75) is 30.2 Å². The highest BCUT2D eigenvalue weighted by atomic mass is 32.2. The third-order valence-corrected chi connectivity index (χ3v) is 6.06. The van der Waals surface area contributed by atoms with Gasteiger partial charge in [0.05, 0.1) is 10.6 Å². The highest BCUT2D eigenvalue weighted by molar-refractivity contribution is 7.90. The summed E-state index contributed by atoms with van der Waals surface area (Å²) in [5, 5.41) is 2.09. The van der Waals surface area contributed by atoms with E-state index in [1.54, 1.807) is 29.7 Å². The molecule has 0 bridgehead atoms. The van der Waals surface area contributed by atoms with Crippen LogP contribution in [0.25, 0.3) is 0 Å². The fraction of sp³-hybridized carbons (Fsp3) is 0.438. The van der Waals surface area contributed by atoms with E-state index >= 15 is 0 Å². The number of hydrogen-bond acceptors (Lipinski definition) is 5. The Bertz CT molecular complexity index is 726. The van der Waals surface area contributed by atoms with Crippen LogP contribution in [0.15, 0.2) is 40.7 Å². The van der Waals surface area contributed by atoms with Gasteiger partial charge < -0.3 is 0 Å². The molecule has 1 unspecified atom stereocenters. The number of thiophene rings is 1. The van der Waals surface area contributed by atoms with Crippen molar-refractivity contribution in [3.05, 3.63) is 46.4 Å². The maximum atomic E-state index is 12.0. The van der Waals surface area contributed by atoms with Gasteiger partial charge in [-0.25, -0.2) is 8.42 Å². The first-order valence-electron chi connectivity index (χ1n) is 7.44. The number of piperidine rings is 1. The lowest BCUT2D eigenvalue weighted by Crippen LogP contribution is -2.34. The number of sulfone groups is 1. The first-order valence-corrected chi connectivity index (χ1v) is 10.2. The smallest absolute Gasteiger partial charge is 0.177 e. The first kappa shape index (κ1) is 15.6. The van der Waals surface area contributed by atoms with Crippen LogP contribution in [0.4, 0.5) is 0 Å². The molecule has 0 spiro atoms. The predicted octanol–water partition coefficient (Wildman–Crippen LogP) is 2.93. The van der Waals surface area contributed by atoms with E-state index in [0.29, 0.717) is 4.90 Å². The molecule has 0 radical (unpaired) electrons. The summed E-state index contributed by atoms with van der Waals surface area (Å²) in [5.74, 6) is 0.194. The first-order chi connectivity index (χ1) is 10.5. The Balaban J connectivity index is 1.80. The van der Waals surface area contributed by atoms with Crippen LogP contribution in [-0.4, -0.2) is 37.6 Å². The Labute approximate surface area is 135 Å². The van der Waals surface area contributed by atoms with Gasteiger partial charge in [0.2, 0.25) is 0 Å². The molecular formula is C16H20N2O2S2. The molecule has 1 aliphatic heterocycles. The van der Waals surface area contributed by atoms with Crippen LogP contribution in [0, 0.1) is 0 Å². The molecule has 6 heteroatoms. The second-order valence-corrected chi connectivity index (χ2v) is 8.83. The standard InChI is InChI=1S/C16H20N2O2S2/c1-22(19,20)15-7-2-8-17-16(15)13-5-3-9-18(11-13)12-14-6-4-10-21-14/h2,4,6-8,10,13H,3,5,9,11-12H2,1H3. The summed E-state index contributed by atoms with van der Waals surface area (Å²) in [6.07, 6.45) is 5.04. The maximum Gasteiger partial charge on any atom is 0.177 e. The lowest BCUT2D eigenvalue weighted by molar-refractivity contribution is 0.199. The quantitative estimate of drug-likeness (QED) is 0.861. The normalized spacial score (nSPS) is 20.1. The van der Waals surface area contributed by atoms with Crippen molar-refractivity contribution in [1.82, 2.24) is 9.88 Å². The van der Waals surface area contributed by atoms with Crippen molar-refractivity contribution in [3.63, 3.8) is 0 Å². The molecule has 3 heterocycles. The number of aromatic nitrogens is 1. The number of pyridine rings is 1. The summed E-state index contributed by atoms with van der Waals surface area (Å²) >= 11 is 1.77. The van der Waals surface area contributed by atoms with Gasteiger partial charge in [-0.2, -0.15) is 0 Å². The summed E-state index contributed by atoms with van der Waals surface area (Å²) < 4.78 is 24.0. The van der Waals surface area contributed by atoms with Crippen LogP contribution in [0.1, 0.15) is 29.3 Å². The van der Waals surface area contributed by atoms with Gasteiger partial charge in [-0.15, -0.1) is 11.3 Å². The van der Waals surface area contributed by atoms with Crippen molar-refractivity contribution in [2.75, 3.05) is 19.3 Å². The largest absolute Gasteiger partial charge is 0.298 e. The molecule has 1 fully saturated rings. The van der Waals surface area contributed by atoms with Crippen LogP contribution < -0.4 is 0 Å². The summed E-state index contributed by atoms with van der Waals surface area (Å²) in [5.41, 5.74) is 0.737. The van der Waals surface area contributed by atoms with E-state index in [1.807, 2.05) is 0 Å². The number of likely N-dealkylation sites (tertiary alicyclic amines) is 1. The fourth-order valence-corrected chi connectivity index (χ4v) is 4.74. The Morgan fingerprint density at radius 1 is 1.36 bits per heavy atom. The van der Waals surface area contributed by atoms with Crippen molar-refractivity contribution in [3.8, 4) is 0 Å². The van der Waals surface area contributed by atoms with Crippen molar-refractivity contribution >= 4 is 21.2 Å². The minimum absolute atomic E-state index is 0.194. The molecule has 2 aromatic rings.